The first kappa shape index (κ1) is 18.7. The van der Waals surface area contributed by atoms with Crippen molar-refractivity contribution in [3.8, 4) is 11.1 Å². The summed E-state index contributed by atoms with van der Waals surface area (Å²) in [4.78, 5) is 24.2. The lowest BCUT2D eigenvalue weighted by Gasteiger charge is -2.10. The molecule has 0 fully saturated rings. The molecule has 0 aliphatic heterocycles. The van der Waals surface area contributed by atoms with Crippen molar-refractivity contribution in [3.63, 3.8) is 0 Å². The zero-order valence-electron chi connectivity index (χ0n) is 16.2. The number of rotatable bonds is 3. The van der Waals surface area contributed by atoms with E-state index < -0.39 is 17.5 Å². The predicted octanol–water partition coefficient (Wildman–Crippen LogP) is 4.81. The van der Waals surface area contributed by atoms with E-state index in [2.05, 4.69) is 5.32 Å². The van der Waals surface area contributed by atoms with Crippen LogP contribution in [0.25, 0.3) is 22.2 Å². The Hall–Kier alpha value is -3.67. The average molecular weight is 390 g/mol. The van der Waals surface area contributed by atoms with Gasteiger partial charge >= 0.3 is 5.76 Å². The quantitative estimate of drug-likeness (QED) is 0.546. The Kier molecular flexibility index (Phi) is 4.54. The second-order valence-corrected chi connectivity index (χ2v) is 7.03. The van der Waals surface area contributed by atoms with Gasteiger partial charge in [-0.25, -0.2) is 9.18 Å². The molecule has 146 valence electrons. The van der Waals surface area contributed by atoms with Gasteiger partial charge in [-0.05, 0) is 66.4 Å². The number of hydrogen-bond donors (Lipinski definition) is 1. The highest BCUT2D eigenvalue weighted by Crippen LogP contribution is 2.29. The molecule has 0 unspecified atom stereocenters. The van der Waals surface area contributed by atoms with E-state index in [1.165, 1.54) is 10.6 Å². The SMILES string of the molecule is Cc1cc2oc(=O)n(C)c2cc1-c1ccc(NC(=O)c2c(C)cccc2F)cc1. The number of carbonyl (C=O) groups is 1. The van der Waals surface area contributed by atoms with Gasteiger partial charge in [0.05, 0.1) is 11.1 Å². The molecule has 1 N–H and O–H groups in total. The maximum absolute atomic E-state index is 14.0. The van der Waals surface area contributed by atoms with E-state index in [1.807, 2.05) is 31.2 Å². The van der Waals surface area contributed by atoms with Crippen LogP contribution >= 0.6 is 0 Å². The molecular formula is C23H19FN2O3. The summed E-state index contributed by atoms with van der Waals surface area (Å²) in [5.74, 6) is -1.44. The molecule has 29 heavy (non-hydrogen) atoms. The summed E-state index contributed by atoms with van der Waals surface area (Å²) in [5, 5.41) is 2.74. The Morgan fingerprint density at radius 1 is 1.03 bits per heavy atom. The Bertz CT molecular complexity index is 1280. The third kappa shape index (κ3) is 3.33. The molecule has 0 radical (unpaired) electrons. The van der Waals surface area contributed by atoms with Gasteiger partial charge in [0, 0.05) is 12.7 Å². The van der Waals surface area contributed by atoms with E-state index >= 15 is 0 Å². The van der Waals surface area contributed by atoms with Crippen LogP contribution in [0.3, 0.4) is 0 Å². The van der Waals surface area contributed by atoms with Gasteiger partial charge in [-0.15, -0.1) is 0 Å². The van der Waals surface area contributed by atoms with Gasteiger partial charge in [-0.1, -0.05) is 24.3 Å². The van der Waals surface area contributed by atoms with Crippen LogP contribution in [-0.2, 0) is 7.05 Å². The van der Waals surface area contributed by atoms with Crippen molar-refractivity contribution >= 4 is 22.7 Å². The predicted molar refractivity (Wildman–Crippen MR) is 111 cm³/mol. The summed E-state index contributed by atoms with van der Waals surface area (Å²) in [7, 11) is 1.66. The fourth-order valence-electron chi connectivity index (χ4n) is 3.43. The molecule has 1 amide bonds. The number of amides is 1. The van der Waals surface area contributed by atoms with Gasteiger partial charge in [-0.3, -0.25) is 9.36 Å². The molecule has 4 aromatic rings. The van der Waals surface area contributed by atoms with Crippen LogP contribution in [0, 0.1) is 19.7 Å². The molecule has 1 heterocycles. The number of halogens is 1. The first-order valence-electron chi connectivity index (χ1n) is 9.12. The highest BCUT2D eigenvalue weighted by molar-refractivity contribution is 6.05. The molecule has 0 aliphatic rings. The Balaban J connectivity index is 1.64. The third-order valence-corrected chi connectivity index (χ3v) is 5.04. The molecule has 5 nitrogen and oxygen atoms in total. The fraction of sp³-hybridized carbons (Fsp3) is 0.130. The summed E-state index contributed by atoms with van der Waals surface area (Å²) in [5.41, 5.74) is 5.29. The molecule has 3 aromatic carbocycles. The first-order valence-corrected chi connectivity index (χ1v) is 9.12. The van der Waals surface area contributed by atoms with E-state index in [-0.39, 0.29) is 5.56 Å². The number of aromatic nitrogens is 1. The van der Waals surface area contributed by atoms with Gasteiger partial charge in [0.25, 0.3) is 5.91 Å². The van der Waals surface area contributed by atoms with Gasteiger partial charge in [0.15, 0.2) is 5.58 Å². The molecular weight excluding hydrogens is 371 g/mol. The zero-order valence-corrected chi connectivity index (χ0v) is 16.2. The lowest BCUT2D eigenvalue weighted by atomic mass is 9.99. The van der Waals surface area contributed by atoms with Crippen molar-refractivity contribution in [1.29, 1.82) is 0 Å². The summed E-state index contributed by atoms with van der Waals surface area (Å²) >= 11 is 0. The van der Waals surface area contributed by atoms with E-state index in [1.54, 1.807) is 38.2 Å². The number of nitrogens with zero attached hydrogens (tertiary/aromatic N) is 1. The summed E-state index contributed by atoms with van der Waals surface area (Å²) in [6.07, 6.45) is 0. The number of fused-ring (bicyclic) bond motifs is 1. The number of nitrogens with one attached hydrogen (secondary N) is 1. The molecule has 0 spiro atoms. The van der Waals surface area contributed by atoms with Crippen molar-refractivity contribution in [2.24, 2.45) is 7.05 Å². The number of hydrogen-bond acceptors (Lipinski definition) is 3. The topological polar surface area (TPSA) is 64.2 Å². The van der Waals surface area contributed by atoms with Crippen molar-refractivity contribution in [2.45, 2.75) is 13.8 Å². The molecule has 0 aliphatic carbocycles. The number of benzene rings is 3. The monoisotopic (exact) mass is 390 g/mol. The lowest BCUT2D eigenvalue weighted by Crippen LogP contribution is -2.15. The number of aryl methyl sites for hydroxylation is 3. The Morgan fingerprint density at radius 3 is 2.45 bits per heavy atom. The van der Waals surface area contributed by atoms with Crippen LogP contribution in [0.5, 0.6) is 0 Å². The third-order valence-electron chi connectivity index (χ3n) is 5.04. The maximum Gasteiger partial charge on any atom is 0.419 e. The van der Waals surface area contributed by atoms with Gasteiger partial charge in [0.1, 0.15) is 5.82 Å². The Morgan fingerprint density at radius 2 is 1.76 bits per heavy atom. The molecule has 0 saturated carbocycles. The van der Waals surface area contributed by atoms with Crippen LogP contribution in [0.2, 0.25) is 0 Å². The van der Waals surface area contributed by atoms with Crippen molar-refractivity contribution < 1.29 is 13.6 Å². The second kappa shape index (κ2) is 7.05. The summed E-state index contributed by atoms with van der Waals surface area (Å²) in [6, 6.07) is 15.6. The zero-order chi connectivity index (χ0) is 20.7. The van der Waals surface area contributed by atoms with Crippen LogP contribution in [0.1, 0.15) is 21.5 Å². The van der Waals surface area contributed by atoms with Crippen LogP contribution in [-0.4, -0.2) is 10.5 Å². The maximum atomic E-state index is 14.0. The van der Waals surface area contributed by atoms with Crippen molar-refractivity contribution in [1.82, 2.24) is 4.57 Å². The van der Waals surface area contributed by atoms with E-state index in [0.29, 0.717) is 22.4 Å². The molecule has 0 bridgehead atoms. The molecule has 4 rings (SSSR count). The highest BCUT2D eigenvalue weighted by atomic mass is 19.1. The van der Waals surface area contributed by atoms with Gasteiger partial charge < -0.3 is 9.73 Å². The minimum Gasteiger partial charge on any atom is -0.408 e. The highest BCUT2D eigenvalue weighted by Gasteiger charge is 2.15. The van der Waals surface area contributed by atoms with E-state index in [0.717, 1.165) is 16.7 Å². The van der Waals surface area contributed by atoms with Crippen LogP contribution in [0.4, 0.5) is 10.1 Å². The average Bonchev–Trinajstić information content (AvgIpc) is 2.95. The van der Waals surface area contributed by atoms with Crippen molar-refractivity contribution in [2.75, 3.05) is 5.32 Å². The molecule has 6 heteroatoms. The number of oxazole rings is 1. The minimum absolute atomic E-state index is 0.0405. The lowest BCUT2D eigenvalue weighted by molar-refractivity contribution is 0.102. The first-order chi connectivity index (χ1) is 13.8. The van der Waals surface area contributed by atoms with Gasteiger partial charge in [-0.2, -0.15) is 0 Å². The van der Waals surface area contributed by atoms with Crippen LogP contribution in [0.15, 0.2) is 63.8 Å². The smallest absolute Gasteiger partial charge is 0.408 e. The molecule has 1 aromatic heterocycles. The summed E-state index contributed by atoms with van der Waals surface area (Å²) in [6.45, 7) is 3.64. The minimum atomic E-state index is -0.547. The van der Waals surface area contributed by atoms with E-state index in [4.69, 9.17) is 4.42 Å². The fourth-order valence-corrected chi connectivity index (χ4v) is 3.43. The molecule has 0 saturated heterocycles. The van der Waals surface area contributed by atoms with Crippen molar-refractivity contribution in [3.05, 3.63) is 87.7 Å². The van der Waals surface area contributed by atoms with Gasteiger partial charge in [0.2, 0.25) is 0 Å². The van der Waals surface area contributed by atoms with E-state index in [9.17, 15) is 14.0 Å². The summed E-state index contributed by atoms with van der Waals surface area (Å²) < 4.78 is 20.7. The molecule has 0 atom stereocenters. The van der Waals surface area contributed by atoms with Crippen LogP contribution < -0.4 is 11.1 Å². The second-order valence-electron chi connectivity index (χ2n) is 7.03. The Labute approximate surface area is 166 Å². The normalized spacial score (nSPS) is 11.0. The largest absolute Gasteiger partial charge is 0.419 e. The number of carbonyl (C=O) groups excluding carboxylic acids is 1. The number of anilines is 1. The standard InChI is InChI=1S/C23H19FN2O3/c1-13-5-4-6-18(24)21(13)22(27)25-16-9-7-15(8-10-16)17-12-19-20(11-14(17)2)29-23(28)26(19)3/h4-12H,1-3H3,(H,25,27).